The Morgan fingerprint density at radius 3 is 2.53 bits per heavy atom. The van der Waals surface area contributed by atoms with Gasteiger partial charge in [-0.05, 0) is 53.9 Å². The van der Waals surface area contributed by atoms with Gasteiger partial charge in [-0.3, -0.25) is 0 Å². The van der Waals surface area contributed by atoms with Crippen LogP contribution in [-0.2, 0) is 12.2 Å². The average Bonchev–Trinajstić information content (AvgIpc) is 3.22. The van der Waals surface area contributed by atoms with Gasteiger partial charge in [0.25, 0.3) is 0 Å². The molecule has 0 radical (unpaired) electrons. The van der Waals surface area contributed by atoms with E-state index in [9.17, 15) is 0 Å². The number of thioether (sulfide) groups is 1. The minimum Gasteiger partial charge on any atom is -0.493 e. The number of halogens is 1. The van der Waals surface area contributed by atoms with Crippen molar-refractivity contribution in [2.24, 2.45) is 5.10 Å². The second kappa shape index (κ2) is 11.9. The number of aryl methyl sites for hydroxylation is 1. The largest absolute Gasteiger partial charge is 0.493 e. The summed E-state index contributed by atoms with van der Waals surface area (Å²) in [6, 6.07) is 24.3. The van der Waals surface area contributed by atoms with Gasteiger partial charge in [0.1, 0.15) is 0 Å². The molecule has 1 aromatic heterocycles. The van der Waals surface area contributed by atoms with Crippen LogP contribution in [0.25, 0.3) is 0 Å². The monoisotopic (exact) mass is 536 g/mol. The van der Waals surface area contributed by atoms with Gasteiger partial charge in [0.05, 0.1) is 19.9 Å². The van der Waals surface area contributed by atoms with E-state index < -0.39 is 0 Å². The predicted octanol–water partition coefficient (Wildman–Crippen LogP) is 6.15. The molecule has 0 saturated carbocycles. The lowest BCUT2D eigenvalue weighted by molar-refractivity contribution is 0.297. The van der Waals surface area contributed by atoms with E-state index in [0.717, 1.165) is 33.2 Å². The summed E-state index contributed by atoms with van der Waals surface area (Å²) in [6.45, 7) is 2.46. The van der Waals surface area contributed by atoms with Gasteiger partial charge >= 0.3 is 0 Å². The number of methoxy groups -OCH3 is 1. The van der Waals surface area contributed by atoms with Crippen LogP contribution in [0.4, 0.5) is 0 Å². The van der Waals surface area contributed by atoms with E-state index in [1.54, 1.807) is 29.8 Å². The number of ether oxygens (including phenoxy) is 2. The van der Waals surface area contributed by atoms with Crippen molar-refractivity contribution in [3.05, 3.63) is 99.8 Å². The molecule has 34 heavy (non-hydrogen) atoms. The number of aromatic nitrogens is 3. The molecule has 1 heterocycles. The first-order chi connectivity index (χ1) is 16.6. The summed E-state index contributed by atoms with van der Waals surface area (Å²) < 4.78 is 14.3. The molecule has 0 saturated heterocycles. The molecule has 174 valence electrons. The van der Waals surface area contributed by atoms with Crippen LogP contribution in [0.2, 0.25) is 0 Å². The van der Waals surface area contributed by atoms with Gasteiger partial charge in [-0.15, -0.1) is 10.2 Å². The lowest BCUT2D eigenvalue weighted by atomic mass is 10.2. The Morgan fingerprint density at radius 1 is 0.971 bits per heavy atom. The van der Waals surface area contributed by atoms with Gasteiger partial charge in [0.2, 0.25) is 5.16 Å². The Kier molecular flexibility index (Phi) is 8.38. The smallest absolute Gasteiger partial charge is 0.212 e. The van der Waals surface area contributed by atoms with Gasteiger partial charge in [0, 0.05) is 16.6 Å². The maximum atomic E-state index is 5.96. The summed E-state index contributed by atoms with van der Waals surface area (Å²) >= 11 is 5.06. The van der Waals surface area contributed by atoms with E-state index in [-0.39, 0.29) is 0 Å². The molecule has 0 amide bonds. The SMILES string of the molecule is COc1cc(/C=N/n2c(C)nnc2SCc2ccc(Br)cc2)ccc1OCCc1ccccc1. The molecule has 4 rings (SSSR count). The number of benzene rings is 3. The highest BCUT2D eigenvalue weighted by molar-refractivity contribution is 9.10. The molecular weight excluding hydrogens is 512 g/mol. The Morgan fingerprint density at radius 2 is 1.76 bits per heavy atom. The zero-order valence-electron chi connectivity index (χ0n) is 19.0. The van der Waals surface area contributed by atoms with Crippen LogP contribution in [0.15, 0.2) is 87.5 Å². The highest BCUT2D eigenvalue weighted by Gasteiger charge is 2.10. The summed E-state index contributed by atoms with van der Waals surface area (Å²) in [5.41, 5.74) is 3.34. The fraction of sp³-hybridized carbons (Fsp3) is 0.192. The van der Waals surface area contributed by atoms with Gasteiger partial charge in [-0.2, -0.15) is 9.78 Å². The minimum atomic E-state index is 0.576. The average molecular weight is 537 g/mol. The van der Waals surface area contributed by atoms with Crippen LogP contribution in [0.5, 0.6) is 11.5 Å². The van der Waals surface area contributed by atoms with Crippen molar-refractivity contribution in [2.75, 3.05) is 13.7 Å². The third kappa shape index (κ3) is 6.48. The maximum Gasteiger partial charge on any atom is 0.212 e. The summed E-state index contributed by atoms with van der Waals surface area (Å²) in [7, 11) is 1.64. The topological polar surface area (TPSA) is 61.5 Å². The molecule has 6 nitrogen and oxygen atoms in total. The molecule has 8 heteroatoms. The Balaban J connectivity index is 1.41. The second-order valence-electron chi connectivity index (χ2n) is 7.50. The van der Waals surface area contributed by atoms with Gasteiger partial charge in [-0.1, -0.05) is 70.2 Å². The Bertz CT molecular complexity index is 1240. The van der Waals surface area contributed by atoms with E-state index in [0.29, 0.717) is 18.1 Å². The molecular formula is C26H25BrN4O2S. The van der Waals surface area contributed by atoms with E-state index in [1.807, 2.05) is 55.5 Å². The van der Waals surface area contributed by atoms with Crippen molar-refractivity contribution in [3.63, 3.8) is 0 Å². The van der Waals surface area contributed by atoms with Crippen LogP contribution in [-0.4, -0.2) is 34.8 Å². The van der Waals surface area contributed by atoms with Gasteiger partial charge < -0.3 is 9.47 Å². The van der Waals surface area contributed by atoms with E-state index >= 15 is 0 Å². The van der Waals surface area contributed by atoms with Crippen molar-refractivity contribution in [1.82, 2.24) is 14.9 Å². The fourth-order valence-corrected chi connectivity index (χ4v) is 4.37. The molecule has 0 aliphatic rings. The molecule has 0 fully saturated rings. The minimum absolute atomic E-state index is 0.576. The molecule has 0 bridgehead atoms. The second-order valence-corrected chi connectivity index (χ2v) is 9.35. The van der Waals surface area contributed by atoms with Crippen LogP contribution in [0.3, 0.4) is 0 Å². The first-order valence-corrected chi connectivity index (χ1v) is 12.6. The van der Waals surface area contributed by atoms with Crippen molar-refractivity contribution >= 4 is 33.9 Å². The quantitative estimate of drug-likeness (QED) is 0.179. The Hall–Kier alpha value is -3.10. The normalized spacial score (nSPS) is 11.1. The third-order valence-corrected chi connectivity index (χ3v) is 6.57. The van der Waals surface area contributed by atoms with Gasteiger partial charge in [0.15, 0.2) is 17.3 Å². The van der Waals surface area contributed by atoms with Crippen LogP contribution in [0, 0.1) is 6.92 Å². The van der Waals surface area contributed by atoms with Crippen LogP contribution >= 0.6 is 27.7 Å². The van der Waals surface area contributed by atoms with Gasteiger partial charge in [-0.25, -0.2) is 0 Å². The maximum absolute atomic E-state index is 5.96. The molecule has 0 unspecified atom stereocenters. The third-order valence-electron chi connectivity index (χ3n) is 5.05. The van der Waals surface area contributed by atoms with Crippen LogP contribution < -0.4 is 9.47 Å². The lowest BCUT2D eigenvalue weighted by Crippen LogP contribution is -2.03. The summed E-state index contributed by atoms with van der Waals surface area (Å²) in [5, 5.41) is 13.8. The van der Waals surface area contributed by atoms with Crippen molar-refractivity contribution in [3.8, 4) is 11.5 Å². The fourth-order valence-electron chi connectivity index (χ4n) is 3.22. The van der Waals surface area contributed by atoms with Crippen molar-refractivity contribution < 1.29 is 9.47 Å². The standard InChI is InChI=1S/C26H25BrN4O2S/c1-19-29-30-26(34-18-21-8-11-23(27)12-9-21)31(19)28-17-22-10-13-24(25(16-22)32-2)33-15-14-20-6-4-3-5-7-20/h3-13,16-17H,14-15,18H2,1-2H3/b28-17+. The number of rotatable bonds is 10. The highest BCUT2D eigenvalue weighted by Crippen LogP contribution is 2.28. The first kappa shape index (κ1) is 24.0. The molecule has 0 atom stereocenters. The molecule has 3 aromatic carbocycles. The summed E-state index contributed by atoms with van der Waals surface area (Å²) in [5.74, 6) is 2.88. The van der Waals surface area contributed by atoms with Crippen molar-refractivity contribution in [1.29, 1.82) is 0 Å². The van der Waals surface area contributed by atoms with Crippen LogP contribution in [0.1, 0.15) is 22.5 Å². The van der Waals surface area contributed by atoms with E-state index in [2.05, 4.69) is 55.5 Å². The molecule has 0 spiro atoms. The van der Waals surface area contributed by atoms with Crippen molar-refractivity contribution in [2.45, 2.75) is 24.3 Å². The highest BCUT2D eigenvalue weighted by atomic mass is 79.9. The van der Waals surface area contributed by atoms with E-state index in [1.165, 1.54) is 11.1 Å². The zero-order chi connectivity index (χ0) is 23.8. The summed E-state index contributed by atoms with van der Waals surface area (Å²) in [4.78, 5) is 0. The first-order valence-electron chi connectivity index (χ1n) is 10.8. The zero-order valence-corrected chi connectivity index (χ0v) is 21.4. The molecule has 4 aromatic rings. The number of hydrogen-bond donors (Lipinski definition) is 0. The Labute approximate surface area is 212 Å². The number of hydrogen-bond acceptors (Lipinski definition) is 6. The molecule has 0 aliphatic heterocycles. The molecule has 0 N–H and O–H groups in total. The predicted molar refractivity (Wildman–Crippen MR) is 140 cm³/mol. The summed E-state index contributed by atoms with van der Waals surface area (Å²) in [6.07, 6.45) is 2.61. The molecule has 0 aliphatic carbocycles. The number of nitrogens with zero attached hydrogens (tertiary/aromatic N) is 4. The lowest BCUT2D eigenvalue weighted by Gasteiger charge is -2.11. The van der Waals surface area contributed by atoms with E-state index in [4.69, 9.17) is 9.47 Å².